The molecule has 0 aliphatic rings. The summed E-state index contributed by atoms with van der Waals surface area (Å²) in [5.41, 5.74) is 8.27. The molecule has 58 heavy (non-hydrogen) atoms. The fourth-order valence-electron chi connectivity index (χ4n) is 9.37. The molecule has 1 nitrogen and oxygen atoms in total. The molecule has 1 aromatic heterocycles. The van der Waals surface area contributed by atoms with Gasteiger partial charge in [-0.25, -0.2) is 0 Å². The van der Waals surface area contributed by atoms with Gasteiger partial charge in [0.15, 0.2) is 0 Å². The first-order valence-corrected chi connectivity index (χ1v) is 20.7. The molecule has 12 rings (SSSR count). The van der Waals surface area contributed by atoms with Crippen LogP contribution in [-0.2, 0) is 0 Å². The first-order valence-electron chi connectivity index (χ1n) is 19.9. The van der Waals surface area contributed by atoms with E-state index in [1.165, 1.54) is 96.3 Å². The van der Waals surface area contributed by atoms with Gasteiger partial charge < -0.3 is 4.90 Å². The second-order valence-electron chi connectivity index (χ2n) is 15.2. The van der Waals surface area contributed by atoms with Crippen LogP contribution < -0.4 is 4.90 Å². The van der Waals surface area contributed by atoms with Crippen molar-refractivity contribution in [2.45, 2.75) is 0 Å². The van der Waals surface area contributed by atoms with Crippen LogP contribution in [0, 0.1) is 0 Å². The smallest absolute Gasteiger partial charge is 0.0540 e. The Labute approximate surface area is 340 Å². The third-order valence-electron chi connectivity index (χ3n) is 12.0. The van der Waals surface area contributed by atoms with E-state index < -0.39 is 0 Å². The van der Waals surface area contributed by atoms with Crippen LogP contribution >= 0.6 is 11.3 Å². The fourth-order valence-corrected chi connectivity index (χ4v) is 10.5. The Kier molecular flexibility index (Phi) is 7.47. The van der Waals surface area contributed by atoms with Crippen LogP contribution in [0.5, 0.6) is 0 Å². The van der Waals surface area contributed by atoms with E-state index in [-0.39, 0.29) is 0 Å². The van der Waals surface area contributed by atoms with Crippen LogP contribution in [0.15, 0.2) is 212 Å². The van der Waals surface area contributed by atoms with Gasteiger partial charge >= 0.3 is 0 Å². The van der Waals surface area contributed by atoms with E-state index in [9.17, 15) is 0 Å². The highest BCUT2D eigenvalue weighted by molar-refractivity contribution is 7.25. The van der Waals surface area contributed by atoms with Gasteiger partial charge in [0, 0.05) is 36.9 Å². The topological polar surface area (TPSA) is 3.24 Å². The van der Waals surface area contributed by atoms with Gasteiger partial charge in [0.25, 0.3) is 0 Å². The number of rotatable bonds is 5. The van der Waals surface area contributed by atoms with Crippen LogP contribution in [-0.4, -0.2) is 0 Å². The molecule has 0 saturated carbocycles. The van der Waals surface area contributed by atoms with E-state index in [0.717, 1.165) is 17.1 Å². The number of hydrogen-bond donors (Lipinski definition) is 0. The third kappa shape index (κ3) is 5.16. The molecular formula is C56H35NS. The van der Waals surface area contributed by atoms with Gasteiger partial charge in [-0.05, 0) is 107 Å². The first-order chi connectivity index (χ1) is 28.8. The van der Waals surface area contributed by atoms with Crippen molar-refractivity contribution in [3.63, 3.8) is 0 Å². The van der Waals surface area contributed by atoms with Crippen molar-refractivity contribution in [2.24, 2.45) is 0 Å². The maximum Gasteiger partial charge on any atom is 0.0540 e. The quantitative estimate of drug-likeness (QED) is 0.158. The van der Waals surface area contributed by atoms with E-state index in [0.29, 0.717) is 0 Å². The summed E-state index contributed by atoms with van der Waals surface area (Å²) in [6, 6.07) is 78.3. The highest BCUT2D eigenvalue weighted by atomic mass is 32.1. The summed E-state index contributed by atoms with van der Waals surface area (Å²) in [4.78, 5) is 2.45. The molecule has 0 amide bonds. The van der Waals surface area contributed by atoms with Gasteiger partial charge in [-0.15, -0.1) is 11.3 Å². The molecule has 0 unspecified atom stereocenters. The highest BCUT2D eigenvalue weighted by Gasteiger charge is 2.20. The second-order valence-corrected chi connectivity index (χ2v) is 16.3. The summed E-state index contributed by atoms with van der Waals surface area (Å²) in [5, 5.41) is 15.3. The molecule has 0 fully saturated rings. The summed E-state index contributed by atoms with van der Waals surface area (Å²) in [7, 11) is 0. The predicted octanol–water partition coefficient (Wildman–Crippen LogP) is 16.6. The Morgan fingerprint density at radius 2 is 0.845 bits per heavy atom. The zero-order chi connectivity index (χ0) is 38.2. The van der Waals surface area contributed by atoms with E-state index >= 15 is 0 Å². The summed E-state index contributed by atoms with van der Waals surface area (Å²) in [6.45, 7) is 0. The lowest BCUT2D eigenvalue weighted by Crippen LogP contribution is -2.10. The molecule has 0 bridgehead atoms. The predicted molar refractivity (Wildman–Crippen MR) is 252 cm³/mol. The maximum atomic E-state index is 2.45. The van der Waals surface area contributed by atoms with Crippen molar-refractivity contribution < 1.29 is 0 Å². The molecule has 0 radical (unpaired) electrons. The van der Waals surface area contributed by atoms with Gasteiger partial charge in [-0.1, -0.05) is 176 Å². The molecule has 0 aliphatic carbocycles. The Hall–Kier alpha value is -7.26. The number of nitrogens with zero attached hydrogens (tertiary/aromatic N) is 1. The standard InChI is InChI=1S/C56H35NS/c1-2-12-36(13-3-1)40-15-8-16-41(34-40)57(42-31-33-50-49-18-6-7-25-53(49)58-54(50)35-42)52-24-11-21-46-44(19-9-22-48(46)52)45-20-10-23-51-47(45)32-30-39-29-28-38-27-26-37-14-4-5-17-43(37)55(38)56(39)51/h1-35H. The zero-order valence-electron chi connectivity index (χ0n) is 31.6. The van der Waals surface area contributed by atoms with Gasteiger partial charge in [0.1, 0.15) is 0 Å². The average Bonchev–Trinajstić information content (AvgIpc) is 3.67. The Bertz CT molecular complexity index is 3570. The summed E-state index contributed by atoms with van der Waals surface area (Å²) < 4.78 is 2.60. The lowest BCUT2D eigenvalue weighted by atomic mass is 9.89. The van der Waals surface area contributed by atoms with Crippen molar-refractivity contribution in [2.75, 3.05) is 4.90 Å². The second kappa shape index (κ2) is 13.2. The van der Waals surface area contributed by atoms with Gasteiger partial charge in [0.2, 0.25) is 0 Å². The molecule has 0 saturated heterocycles. The zero-order valence-corrected chi connectivity index (χ0v) is 32.4. The molecule has 1 heterocycles. The molecule has 0 N–H and O–H groups in total. The number of benzene rings is 11. The monoisotopic (exact) mass is 753 g/mol. The maximum absolute atomic E-state index is 2.45. The number of thiophene rings is 1. The third-order valence-corrected chi connectivity index (χ3v) is 13.1. The highest BCUT2D eigenvalue weighted by Crippen LogP contribution is 2.46. The van der Waals surface area contributed by atoms with Crippen molar-refractivity contribution in [3.8, 4) is 22.3 Å². The van der Waals surface area contributed by atoms with E-state index in [1.807, 2.05) is 11.3 Å². The molecular weight excluding hydrogens is 719 g/mol. The first kappa shape index (κ1) is 32.9. The lowest BCUT2D eigenvalue weighted by Gasteiger charge is -2.28. The largest absolute Gasteiger partial charge is 0.310 e. The van der Waals surface area contributed by atoms with E-state index in [2.05, 4.69) is 217 Å². The molecule has 0 aliphatic heterocycles. The summed E-state index contributed by atoms with van der Waals surface area (Å²) in [5.74, 6) is 0. The molecule has 12 aromatic rings. The number of hydrogen-bond acceptors (Lipinski definition) is 2. The van der Waals surface area contributed by atoms with Crippen molar-refractivity contribution >= 4 is 102 Å². The summed E-state index contributed by atoms with van der Waals surface area (Å²) >= 11 is 1.86. The van der Waals surface area contributed by atoms with Crippen LogP contribution in [0.4, 0.5) is 17.1 Å². The van der Waals surface area contributed by atoms with Crippen molar-refractivity contribution in [3.05, 3.63) is 212 Å². The minimum Gasteiger partial charge on any atom is -0.310 e. The SMILES string of the molecule is c1ccc(-c2cccc(N(c3ccc4c(c3)sc3ccccc34)c3cccc4c(-c5cccc6c5ccc5ccc7ccc8ccccc8c7c56)cccc34)c2)cc1. The number of fused-ring (bicyclic) bond motifs is 11. The fraction of sp³-hybridized carbons (Fsp3) is 0. The van der Waals surface area contributed by atoms with Gasteiger partial charge in [0.05, 0.1) is 5.69 Å². The van der Waals surface area contributed by atoms with Gasteiger partial charge in [-0.2, -0.15) is 0 Å². The van der Waals surface area contributed by atoms with Crippen molar-refractivity contribution in [1.82, 2.24) is 0 Å². The Balaban J connectivity index is 1.09. The molecule has 270 valence electrons. The molecule has 0 spiro atoms. The normalized spacial score (nSPS) is 11.8. The van der Waals surface area contributed by atoms with Crippen LogP contribution in [0.1, 0.15) is 0 Å². The minimum absolute atomic E-state index is 1.12. The van der Waals surface area contributed by atoms with Crippen LogP contribution in [0.3, 0.4) is 0 Å². The van der Waals surface area contributed by atoms with Crippen LogP contribution in [0.2, 0.25) is 0 Å². The number of anilines is 3. The molecule has 2 heteroatoms. The molecule has 0 atom stereocenters. The average molecular weight is 754 g/mol. The van der Waals surface area contributed by atoms with Gasteiger partial charge in [-0.3, -0.25) is 0 Å². The van der Waals surface area contributed by atoms with Crippen molar-refractivity contribution in [1.29, 1.82) is 0 Å². The Morgan fingerprint density at radius 1 is 0.293 bits per heavy atom. The summed E-state index contributed by atoms with van der Waals surface area (Å²) in [6.07, 6.45) is 0. The molecule has 11 aromatic carbocycles. The Morgan fingerprint density at radius 3 is 1.69 bits per heavy atom. The minimum atomic E-state index is 1.12. The van der Waals surface area contributed by atoms with Crippen LogP contribution in [0.25, 0.3) is 96.3 Å². The lowest BCUT2D eigenvalue weighted by molar-refractivity contribution is 1.30. The van der Waals surface area contributed by atoms with E-state index in [4.69, 9.17) is 0 Å². The van der Waals surface area contributed by atoms with E-state index in [1.54, 1.807) is 0 Å².